The third-order valence-corrected chi connectivity index (χ3v) is 4.64. The van der Waals surface area contributed by atoms with Crippen LogP contribution in [0.25, 0.3) is 22.2 Å². The highest BCUT2D eigenvalue weighted by atomic mass is 16.5. The Balaban J connectivity index is 2.17. The molecule has 0 radical (unpaired) electrons. The summed E-state index contributed by atoms with van der Waals surface area (Å²) in [7, 11) is 1.72. The second-order valence-electron chi connectivity index (χ2n) is 6.46. The van der Waals surface area contributed by atoms with Gasteiger partial charge in [-0.2, -0.15) is 0 Å². The van der Waals surface area contributed by atoms with E-state index in [1.807, 2.05) is 0 Å². The average molecular weight is 322 g/mol. The van der Waals surface area contributed by atoms with E-state index in [0.29, 0.717) is 0 Å². The van der Waals surface area contributed by atoms with Crippen LogP contribution in [-0.2, 0) is 6.42 Å². The molecule has 3 heteroatoms. The van der Waals surface area contributed by atoms with Crippen LogP contribution < -0.4 is 10.5 Å². The first-order valence-corrected chi connectivity index (χ1v) is 8.60. The number of hydrogen-bond acceptors (Lipinski definition) is 2. The number of aryl methyl sites for hydroxylation is 3. The van der Waals surface area contributed by atoms with Crippen LogP contribution in [0, 0.1) is 13.8 Å². The highest BCUT2D eigenvalue weighted by molar-refractivity contribution is 5.93. The molecule has 2 aromatic carbocycles. The fraction of sp³-hybridized carbons (Fsp3) is 0.333. The number of aromatic nitrogens is 1. The maximum absolute atomic E-state index is 5.69. The zero-order chi connectivity index (χ0) is 17.1. The summed E-state index contributed by atoms with van der Waals surface area (Å²) in [6.07, 6.45) is 3.16. The first-order chi connectivity index (χ1) is 11.6. The van der Waals surface area contributed by atoms with Crippen LogP contribution in [0.5, 0.6) is 5.75 Å². The molecule has 0 atom stereocenters. The van der Waals surface area contributed by atoms with Crippen molar-refractivity contribution in [2.45, 2.75) is 33.1 Å². The molecule has 0 saturated heterocycles. The lowest BCUT2D eigenvalue weighted by molar-refractivity contribution is 0.415. The number of unbranched alkanes of at least 4 members (excludes halogenated alkanes) is 1. The molecule has 126 valence electrons. The van der Waals surface area contributed by atoms with Crippen LogP contribution in [0.4, 0.5) is 0 Å². The normalized spacial score (nSPS) is 11.2. The fourth-order valence-electron chi connectivity index (χ4n) is 3.28. The van der Waals surface area contributed by atoms with Crippen LogP contribution in [0.15, 0.2) is 36.4 Å². The fourth-order valence-corrected chi connectivity index (χ4v) is 3.28. The molecule has 0 saturated carbocycles. The maximum atomic E-state index is 5.69. The Morgan fingerprint density at radius 1 is 1.04 bits per heavy atom. The number of ether oxygens (including phenoxy) is 1. The van der Waals surface area contributed by atoms with Crippen molar-refractivity contribution in [2.24, 2.45) is 5.73 Å². The van der Waals surface area contributed by atoms with Crippen LogP contribution in [0.3, 0.4) is 0 Å². The van der Waals surface area contributed by atoms with Crippen molar-refractivity contribution in [3.63, 3.8) is 0 Å². The largest absolute Gasteiger partial charge is 0.497 e. The molecule has 3 aromatic rings. The van der Waals surface area contributed by atoms with Crippen molar-refractivity contribution >= 4 is 10.9 Å². The number of nitrogens with one attached hydrogen (secondary N) is 1. The smallest absolute Gasteiger partial charge is 0.119 e. The van der Waals surface area contributed by atoms with Crippen molar-refractivity contribution in [2.75, 3.05) is 13.7 Å². The number of fused-ring (bicyclic) bond motifs is 1. The van der Waals surface area contributed by atoms with Crippen molar-refractivity contribution in [3.05, 3.63) is 53.1 Å². The van der Waals surface area contributed by atoms with Crippen LogP contribution in [0.1, 0.15) is 29.5 Å². The van der Waals surface area contributed by atoms with E-state index < -0.39 is 0 Å². The molecular weight excluding hydrogens is 296 g/mol. The predicted molar refractivity (Wildman–Crippen MR) is 102 cm³/mol. The van der Waals surface area contributed by atoms with E-state index in [4.69, 9.17) is 10.5 Å². The van der Waals surface area contributed by atoms with Gasteiger partial charge in [-0.3, -0.25) is 0 Å². The molecule has 24 heavy (non-hydrogen) atoms. The lowest BCUT2D eigenvalue weighted by Gasteiger charge is -2.07. The molecule has 0 aliphatic heterocycles. The minimum Gasteiger partial charge on any atom is -0.497 e. The molecule has 0 aliphatic rings. The molecule has 0 spiro atoms. The number of nitrogens with two attached hydrogens (primary N) is 1. The summed E-state index contributed by atoms with van der Waals surface area (Å²) in [5.74, 6) is 0.912. The molecule has 3 rings (SSSR count). The molecule has 0 aliphatic carbocycles. The Bertz CT molecular complexity index is 831. The number of H-pyrrole nitrogens is 1. The van der Waals surface area contributed by atoms with E-state index in [1.165, 1.54) is 38.9 Å². The molecular formula is C21H26N2O. The second-order valence-corrected chi connectivity index (χ2v) is 6.46. The summed E-state index contributed by atoms with van der Waals surface area (Å²) in [6.45, 7) is 4.99. The molecule has 0 unspecified atom stereocenters. The molecule has 3 nitrogen and oxygen atoms in total. The van der Waals surface area contributed by atoms with Gasteiger partial charge in [0.1, 0.15) is 5.75 Å². The number of methoxy groups -OCH3 is 1. The molecule has 3 N–H and O–H groups in total. The zero-order valence-corrected chi connectivity index (χ0v) is 14.8. The monoisotopic (exact) mass is 322 g/mol. The first-order valence-electron chi connectivity index (χ1n) is 8.60. The van der Waals surface area contributed by atoms with Crippen molar-refractivity contribution in [3.8, 4) is 17.0 Å². The van der Waals surface area contributed by atoms with Gasteiger partial charge in [-0.25, -0.2) is 0 Å². The van der Waals surface area contributed by atoms with Crippen LogP contribution in [0.2, 0.25) is 0 Å². The van der Waals surface area contributed by atoms with E-state index >= 15 is 0 Å². The molecule has 1 heterocycles. The number of benzene rings is 2. The van der Waals surface area contributed by atoms with Gasteiger partial charge in [0.05, 0.1) is 7.11 Å². The summed E-state index contributed by atoms with van der Waals surface area (Å²) in [4.78, 5) is 3.66. The molecule has 0 fully saturated rings. The third-order valence-electron chi connectivity index (χ3n) is 4.64. The lowest BCUT2D eigenvalue weighted by Crippen LogP contribution is -1.99. The summed E-state index contributed by atoms with van der Waals surface area (Å²) < 4.78 is 5.48. The predicted octanol–water partition coefficient (Wildman–Crippen LogP) is 4.74. The zero-order valence-electron chi connectivity index (χ0n) is 14.8. The van der Waals surface area contributed by atoms with Gasteiger partial charge < -0.3 is 15.5 Å². The van der Waals surface area contributed by atoms with Crippen LogP contribution >= 0.6 is 0 Å². The van der Waals surface area contributed by atoms with E-state index in [0.717, 1.165) is 31.6 Å². The standard InChI is InChI=1S/C21H26N2O/c1-14-7-9-16(10-8-14)21-18(6-4-5-11-22)19-13-17(24-3)12-15(2)20(19)23-21/h7-10,12-13,23H,4-6,11,22H2,1-3H3. The summed E-state index contributed by atoms with van der Waals surface area (Å²) in [5.41, 5.74) is 13.2. The van der Waals surface area contributed by atoms with Gasteiger partial charge in [-0.05, 0) is 68.5 Å². The Labute approximate surface area is 143 Å². The van der Waals surface area contributed by atoms with Crippen molar-refractivity contribution < 1.29 is 4.74 Å². The summed E-state index contributed by atoms with van der Waals surface area (Å²) >= 11 is 0. The van der Waals surface area contributed by atoms with Gasteiger partial charge in [-0.1, -0.05) is 29.8 Å². The van der Waals surface area contributed by atoms with Gasteiger partial charge in [-0.15, -0.1) is 0 Å². The van der Waals surface area contributed by atoms with Gasteiger partial charge in [0.15, 0.2) is 0 Å². The van der Waals surface area contributed by atoms with Gasteiger partial charge in [0.25, 0.3) is 0 Å². The Kier molecular flexibility index (Phi) is 4.91. The summed E-state index contributed by atoms with van der Waals surface area (Å²) in [6, 6.07) is 12.9. The van der Waals surface area contributed by atoms with Gasteiger partial charge in [0, 0.05) is 16.6 Å². The number of rotatable bonds is 6. The second kappa shape index (κ2) is 7.10. The van der Waals surface area contributed by atoms with Gasteiger partial charge >= 0.3 is 0 Å². The van der Waals surface area contributed by atoms with E-state index in [-0.39, 0.29) is 0 Å². The van der Waals surface area contributed by atoms with Crippen LogP contribution in [-0.4, -0.2) is 18.6 Å². The van der Waals surface area contributed by atoms with Crippen molar-refractivity contribution in [1.29, 1.82) is 0 Å². The first kappa shape index (κ1) is 16.6. The Hall–Kier alpha value is -2.26. The Morgan fingerprint density at radius 3 is 2.46 bits per heavy atom. The third kappa shape index (κ3) is 3.17. The highest BCUT2D eigenvalue weighted by Gasteiger charge is 2.15. The highest BCUT2D eigenvalue weighted by Crippen LogP contribution is 2.35. The van der Waals surface area contributed by atoms with E-state index in [1.54, 1.807) is 7.11 Å². The minimum atomic E-state index is 0.741. The minimum absolute atomic E-state index is 0.741. The molecule has 1 aromatic heterocycles. The van der Waals surface area contributed by atoms with Gasteiger partial charge in [0.2, 0.25) is 0 Å². The Morgan fingerprint density at radius 2 is 1.79 bits per heavy atom. The SMILES string of the molecule is COc1cc(C)c2[nH]c(-c3ccc(C)cc3)c(CCCCN)c2c1. The quantitative estimate of drug-likeness (QED) is 0.644. The summed E-state index contributed by atoms with van der Waals surface area (Å²) in [5, 5.41) is 1.26. The van der Waals surface area contributed by atoms with E-state index in [9.17, 15) is 0 Å². The molecule has 0 bridgehead atoms. The van der Waals surface area contributed by atoms with Crippen molar-refractivity contribution in [1.82, 2.24) is 4.98 Å². The molecule has 0 amide bonds. The maximum Gasteiger partial charge on any atom is 0.119 e. The lowest BCUT2D eigenvalue weighted by atomic mass is 9.99. The number of aromatic amines is 1. The average Bonchev–Trinajstić information content (AvgIpc) is 2.95. The topological polar surface area (TPSA) is 51.0 Å². The number of hydrogen-bond donors (Lipinski definition) is 2. The van der Waals surface area contributed by atoms with E-state index in [2.05, 4.69) is 55.2 Å².